The van der Waals surface area contributed by atoms with Crippen LogP contribution in [0.25, 0.3) is 10.8 Å². The maximum atomic E-state index is 11.3. The zero-order chi connectivity index (χ0) is 32.2. The molecule has 0 saturated heterocycles. The van der Waals surface area contributed by atoms with Gasteiger partial charge in [-0.15, -0.1) is 0 Å². The topological polar surface area (TPSA) is 315 Å². The monoisotopic (exact) mass is 657 g/mol. The SMILES string of the molecule is NCCNc1nc(N)nc(Nc2ccc(C(=O)O)cc2)n1.O=S(=O)(O)c1ccc2c(S(=O)(=O)O)cc(S(=O)(=O)O)cc2c1. The summed E-state index contributed by atoms with van der Waals surface area (Å²) in [6, 6.07) is 10.1. The minimum absolute atomic E-state index is 0.0641. The second-order valence-electron chi connectivity index (χ2n) is 8.29. The average Bonchev–Trinajstić information content (AvgIpc) is 2.89. The van der Waals surface area contributed by atoms with Crippen LogP contribution in [0.3, 0.4) is 0 Å². The third-order valence-corrected chi connectivity index (χ3v) is 7.78. The Balaban J connectivity index is 0.000000236. The van der Waals surface area contributed by atoms with Crippen LogP contribution in [-0.4, -0.2) is 78.0 Å². The van der Waals surface area contributed by atoms with Gasteiger partial charge in [-0.25, -0.2) is 4.79 Å². The highest BCUT2D eigenvalue weighted by Gasteiger charge is 2.21. The van der Waals surface area contributed by atoms with E-state index >= 15 is 0 Å². The Hall–Kier alpha value is -4.51. The number of nitrogens with two attached hydrogens (primary N) is 2. The Labute approximate surface area is 244 Å². The van der Waals surface area contributed by atoms with E-state index in [9.17, 15) is 30.0 Å². The van der Waals surface area contributed by atoms with Crippen molar-refractivity contribution in [2.45, 2.75) is 14.7 Å². The molecule has 0 atom stereocenters. The number of carboxylic acids is 1. The largest absolute Gasteiger partial charge is 0.478 e. The lowest BCUT2D eigenvalue weighted by Crippen LogP contribution is -2.16. The molecule has 0 aliphatic carbocycles. The summed E-state index contributed by atoms with van der Waals surface area (Å²) in [4.78, 5) is 20.5. The predicted molar refractivity (Wildman–Crippen MR) is 152 cm³/mol. The predicted octanol–water partition coefficient (Wildman–Crippen LogP) is 0.846. The number of carboxylic acid groups (broad SMARTS) is 1. The Morgan fingerprint density at radius 3 is 1.88 bits per heavy atom. The summed E-state index contributed by atoms with van der Waals surface area (Å²) in [5.41, 5.74) is 11.8. The van der Waals surface area contributed by atoms with Gasteiger partial charge in [0.25, 0.3) is 30.4 Å². The highest BCUT2D eigenvalue weighted by Crippen LogP contribution is 2.29. The summed E-state index contributed by atoms with van der Waals surface area (Å²) in [5.74, 6) is -0.351. The van der Waals surface area contributed by atoms with E-state index in [0.717, 1.165) is 24.3 Å². The minimum Gasteiger partial charge on any atom is -0.478 e. The fourth-order valence-electron chi connectivity index (χ4n) is 3.35. The number of aromatic nitrogens is 3. The van der Waals surface area contributed by atoms with Crippen LogP contribution in [0.5, 0.6) is 0 Å². The number of benzene rings is 3. The Morgan fingerprint density at radius 1 is 0.767 bits per heavy atom. The smallest absolute Gasteiger partial charge is 0.335 e. The molecule has 0 radical (unpaired) electrons. The molecule has 0 aliphatic heterocycles. The van der Waals surface area contributed by atoms with Crippen molar-refractivity contribution < 1.29 is 48.8 Å². The maximum absolute atomic E-state index is 11.3. The molecule has 18 nitrogen and oxygen atoms in total. The molecule has 10 N–H and O–H groups in total. The van der Waals surface area contributed by atoms with Crippen molar-refractivity contribution in [1.29, 1.82) is 0 Å². The van der Waals surface area contributed by atoms with Crippen LogP contribution < -0.4 is 22.1 Å². The normalized spacial score (nSPS) is 11.8. The molecule has 0 spiro atoms. The fourth-order valence-corrected chi connectivity index (χ4v) is 5.22. The van der Waals surface area contributed by atoms with E-state index in [1.54, 1.807) is 12.1 Å². The number of nitrogens with one attached hydrogen (secondary N) is 2. The summed E-state index contributed by atoms with van der Waals surface area (Å²) in [5, 5.41) is 14.2. The van der Waals surface area contributed by atoms with Crippen LogP contribution >= 0.6 is 0 Å². The number of rotatable bonds is 9. The molecule has 3 aromatic carbocycles. The zero-order valence-electron chi connectivity index (χ0n) is 21.5. The van der Waals surface area contributed by atoms with E-state index in [0.29, 0.717) is 30.8 Å². The van der Waals surface area contributed by atoms with Crippen molar-refractivity contribution >= 4 is 70.6 Å². The van der Waals surface area contributed by atoms with Crippen molar-refractivity contribution in [1.82, 2.24) is 15.0 Å². The van der Waals surface area contributed by atoms with Crippen molar-refractivity contribution in [2.24, 2.45) is 5.73 Å². The van der Waals surface area contributed by atoms with Gasteiger partial charge >= 0.3 is 5.97 Å². The van der Waals surface area contributed by atoms with Crippen molar-refractivity contribution in [2.75, 3.05) is 29.5 Å². The van der Waals surface area contributed by atoms with Crippen LogP contribution in [0.1, 0.15) is 10.4 Å². The van der Waals surface area contributed by atoms with Crippen molar-refractivity contribution in [3.8, 4) is 0 Å². The van der Waals surface area contributed by atoms with Gasteiger partial charge < -0.3 is 27.2 Å². The Morgan fingerprint density at radius 2 is 1.35 bits per heavy atom. The van der Waals surface area contributed by atoms with Gasteiger partial charge in [-0.2, -0.15) is 40.2 Å². The lowest BCUT2D eigenvalue weighted by Gasteiger charge is -2.08. The fraction of sp³-hybridized carbons (Fsp3) is 0.0909. The maximum Gasteiger partial charge on any atom is 0.335 e. The van der Waals surface area contributed by atoms with Crippen LogP contribution in [0, 0.1) is 0 Å². The second-order valence-corrected chi connectivity index (χ2v) is 12.5. The van der Waals surface area contributed by atoms with Gasteiger partial charge in [0.1, 0.15) is 4.90 Å². The molecule has 4 rings (SSSR count). The summed E-state index contributed by atoms with van der Waals surface area (Å²) in [6.07, 6.45) is 0. The summed E-state index contributed by atoms with van der Waals surface area (Å²) in [7, 11) is -14.3. The number of anilines is 4. The number of hydrogen-bond donors (Lipinski definition) is 8. The quantitative estimate of drug-likeness (QED) is 0.116. The second kappa shape index (κ2) is 12.8. The number of aromatic carboxylic acids is 1. The van der Waals surface area contributed by atoms with Crippen molar-refractivity contribution in [3.05, 3.63) is 60.2 Å². The van der Waals surface area contributed by atoms with E-state index in [-0.39, 0.29) is 28.2 Å². The zero-order valence-corrected chi connectivity index (χ0v) is 23.9. The van der Waals surface area contributed by atoms with Gasteiger partial charge in [-0.1, -0.05) is 6.07 Å². The first-order valence-corrected chi connectivity index (χ1v) is 15.8. The van der Waals surface area contributed by atoms with E-state index in [4.69, 9.17) is 30.2 Å². The third-order valence-electron chi connectivity index (χ3n) is 5.20. The first-order valence-electron chi connectivity index (χ1n) is 11.4. The van der Waals surface area contributed by atoms with Crippen LogP contribution in [0.2, 0.25) is 0 Å². The molecule has 0 bridgehead atoms. The lowest BCUT2D eigenvalue weighted by atomic mass is 10.1. The van der Waals surface area contributed by atoms with Gasteiger partial charge in [0, 0.05) is 24.2 Å². The van der Waals surface area contributed by atoms with E-state index in [2.05, 4.69) is 25.6 Å². The van der Waals surface area contributed by atoms with E-state index < -0.39 is 51.0 Å². The van der Waals surface area contributed by atoms with E-state index in [1.807, 2.05) is 0 Å². The Kier molecular flexibility index (Phi) is 9.81. The number of hydrogen-bond acceptors (Lipinski definition) is 14. The number of nitrogen functional groups attached to an aromatic ring is 1. The molecule has 43 heavy (non-hydrogen) atoms. The standard InChI is InChI=1S/C12H15N7O2.C10H8O9S3/c13-5-6-15-11-17-10(14)18-12(19-11)16-8-3-1-7(2-4-8)9(20)21;11-20(12,13)7-1-2-9-6(3-7)4-8(21(14,15)16)5-10(9)22(17,18)19/h1-4H,5-6,13H2,(H,20,21)(H4,14,15,16,17,18,19);1-5H,(H,11,12,13)(H,14,15,16)(H,17,18,19). The highest BCUT2D eigenvalue weighted by atomic mass is 32.2. The molecular formula is C22H23N7O11S3. The molecule has 1 aromatic heterocycles. The van der Waals surface area contributed by atoms with Crippen LogP contribution in [-0.2, 0) is 30.4 Å². The molecule has 0 amide bonds. The van der Waals surface area contributed by atoms with Gasteiger partial charge in [-0.05, 0) is 53.9 Å². The Bertz CT molecular complexity index is 2000. The summed E-state index contributed by atoms with van der Waals surface area (Å²) in [6.45, 7) is 0.946. The van der Waals surface area contributed by atoms with Gasteiger partial charge in [0.15, 0.2) is 0 Å². The highest BCUT2D eigenvalue weighted by molar-refractivity contribution is 7.87. The van der Waals surface area contributed by atoms with Crippen LogP contribution in [0.15, 0.2) is 69.3 Å². The number of fused-ring (bicyclic) bond motifs is 1. The molecule has 21 heteroatoms. The number of carbonyl (C=O) groups is 1. The number of nitrogens with zero attached hydrogens (tertiary/aromatic N) is 3. The summed E-state index contributed by atoms with van der Waals surface area (Å²) >= 11 is 0. The first kappa shape index (κ1) is 33.0. The summed E-state index contributed by atoms with van der Waals surface area (Å²) < 4.78 is 94.1. The molecule has 0 unspecified atom stereocenters. The van der Waals surface area contributed by atoms with Gasteiger partial charge in [0.2, 0.25) is 17.8 Å². The average molecular weight is 658 g/mol. The van der Waals surface area contributed by atoms with Crippen LogP contribution in [0.4, 0.5) is 23.5 Å². The van der Waals surface area contributed by atoms with Gasteiger partial charge in [-0.3, -0.25) is 13.7 Å². The molecule has 0 fully saturated rings. The lowest BCUT2D eigenvalue weighted by molar-refractivity contribution is 0.0696. The molecule has 230 valence electrons. The third kappa shape index (κ3) is 8.99. The van der Waals surface area contributed by atoms with E-state index in [1.165, 1.54) is 12.1 Å². The molecule has 1 heterocycles. The molecule has 0 aliphatic rings. The van der Waals surface area contributed by atoms with Gasteiger partial charge in [0.05, 0.1) is 15.4 Å². The van der Waals surface area contributed by atoms with Crippen molar-refractivity contribution in [3.63, 3.8) is 0 Å². The molecular weight excluding hydrogens is 634 g/mol. The first-order chi connectivity index (χ1) is 19.9. The molecule has 0 saturated carbocycles. The minimum atomic E-state index is -4.85. The molecule has 4 aromatic rings.